The van der Waals surface area contributed by atoms with E-state index in [-0.39, 0.29) is 11.9 Å². The summed E-state index contributed by atoms with van der Waals surface area (Å²) < 4.78 is 16.2. The predicted molar refractivity (Wildman–Crippen MR) is 135 cm³/mol. The quantitative estimate of drug-likeness (QED) is 0.477. The van der Waals surface area contributed by atoms with Crippen molar-refractivity contribution in [1.29, 1.82) is 0 Å². The molecule has 34 heavy (non-hydrogen) atoms. The van der Waals surface area contributed by atoms with Gasteiger partial charge in [0.15, 0.2) is 0 Å². The highest BCUT2D eigenvalue weighted by atomic mass is 35.5. The van der Waals surface area contributed by atoms with E-state index in [1.165, 1.54) is 11.3 Å². The Labute approximate surface area is 210 Å². The standard InChI is InChI=1S/C25H33ClN2O5S/c1-5-32-23(29)22-20(16-21(34-22)28-12-14-31-15-13-28)19(17-6-8-18(26)9-7-17)10-11-27-24(30)33-25(2,3)4/h6-9,16,19H,5,10-15H2,1-4H3,(H,27,30). The molecule has 1 fully saturated rings. The molecule has 3 rings (SSSR count). The lowest BCUT2D eigenvalue weighted by Crippen LogP contribution is -2.35. The Balaban J connectivity index is 1.91. The Bertz CT molecular complexity index is 965. The number of esters is 1. The second-order valence-corrected chi connectivity index (χ2v) is 10.5. The molecule has 1 atom stereocenters. The van der Waals surface area contributed by atoms with Crippen LogP contribution in [0.25, 0.3) is 0 Å². The second kappa shape index (κ2) is 11.9. The fourth-order valence-electron chi connectivity index (χ4n) is 3.78. The molecule has 186 valence electrons. The molecule has 9 heteroatoms. The fraction of sp³-hybridized carbons (Fsp3) is 0.520. The summed E-state index contributed by atoms with van der Waals surface area (Å²) in [6.45, 7) is 10.8. The Hall–Kier alpha value is -2.29. The number of carbonyl (C=O) groups excluding carboxylic acids is 2. The van der Waals surface area contributed by atoms with Crippen molar-refractivity contribution in [2.45, 2.75) is 45.6 Å². The number of carbonyl (C=O) groups is 2. The summed E-state index contributed by atoms with van der Waals surface area (Å²) in [6.07, 6.45) is 0.110. The van der Waals surface area contributed by atoms with Gasteiger partial charge in [0.05, 0.1) is 24.8 Å². The zero-order valence-electron chi connectivity index (χ0n) is 20.2. The molecule has 0 bridgehead atoms. The van der Waals surface area contributed by atoms with E-state index >= 15 is 0 Å². The minimum absolute atomic E-state index is 0.141. The fourth-order valence-corrected chi connectivity index (χ4v) is 5.07. The van der Waals surface area contributed by atoms with E-state index in [9.17, 15) is 9.59 Å². The van der Waals surface area contributed by atoms with Gasteiger partial charge in [0.2, 0.25) is 0 Å². The summed E-state index contributed by atoms with van der Waals surface area (Å²) >= 11 is 7.58. The molecule has 1 unspecified atom stereocenters. The summed E-state index contributed by atoms with van der Waals surface area (Å²) in [5, 5.41) is 4.49. The number of morpholine rings is 1. The van der Waals surface area contributed by atoms with Gasteiger partial charge < -0.3 is 24.4 Å². The summed E-state index contributed by atoms with van der Waals surface area (Å²) in [5.41, 5.74) is 1.32. The third kappa shape index (κ3) is 7.35. The van der Waals surface area contributed by atoms with Crippen LogP contribution in [-0.4, -0.2) is 57.1 Å². The van der Waals surface area contributed by atoms with Crippen LogP contribution in [0, 0.1) is 0 Å². The normalized spacial score (nSPS) is 15.0. The van der Waals surface area contributed by atoms with Crippen molar-refractivity contribution < 1.29 is 23.8 Å². The van der Waals surface area contributed by atoms with Crippen LogP contribution in [0.5, 0.6) is 0 Å². The number of hydrogen-bond acceptors (Lipinski definition) is 7. The van der Waals surface area contributed by atoms with E-state index in [1.54, 1.807) is 6.92 Å². The number of nitrogens with zero attached hydrogens (tertiary/aromatic N) is 1. The number of alkyl carbamates (subject to hydrolysis) is 1. The summed E-state index contributed by atoms with van der Waals surface area (Å²) in [5.74, 6) is -0.473. The van der Waals surface area contributed by atoms with Crippen LogP contribution >= 0.6 is 22.9 Å². The van der Waals surface area contributed by atoms with Crippen LogP contribution in [0.1, 0.15) is 60.8 Å². The molecular weight excluding hydrogens is 476 g/mol. The van der Waals surface area contributed by atoms with Crippen LogP contribution in [0.3, 0.4) is 0 Å². The molecule has 2 aromatic rings. The molecule has 0 saturated carbocycles. The Morgan fingerprint density at radius 2 is 1.88 bits per heavy atom. The first-order valence-electron chi connectivity index (χ1n) is 11.5. The molecule has 1 saturated heterocycles. The first-order chi connectivity index (χ1) is 16.2. The molecule has 0 radical (unpaired) electrons. The van der Waals surface area contributed by atoms with Crippen molar-refractivity contribution >= 4 is 40.0 Å². The molecule has 1 amide bonds. The van der Waals surface area contributed by atoms with Gasteiger partial charge in [-0.2, -0.15) is 0 Å². The highest BCUT2D eigenvalue weighted by Gasteiger charge is 2.28. The van der Waals surface area contributed by atoms with Crippen molar-refractivity contribution in [3.8, 4) is 0 Å². The van der Waals surface area contributed by atoms with Crippen molar-refractivity contribution in [2.24, 2.45) is 0 Å². The van der Waals surface area contributed by atoms with E-state index in [1.807, 2.05) is 45.0 Å². The average molecular weight is 509 g/mol. The first-order valence-corrected chi connectivity index (χ1v) is 12.7. The molecule has 1 N–H and O–H groups in total. The summed E-state index contributed by atoms with van der Waals surface area (Å²) in [4.78, 5) is 27.9. The van der Waals surface area contributed by atoms with Crippen LogP contribution in [-0.2, 0) is 14.2 Å². The zero-order chi connectivity index (χ0) is 24.7. The number of halogens is 1. The number of nitrogens with one attached hydrogen (secondary N) is 1. The minimum atomic E-state index is -0.572. The van der Waals surface area contributed by atoms with Crippen LogP contribution < -0.4 is 10.2 Å². The van der Waals surface area contributed by atoms with Gasteiger partial charge in [0, 0.05) is 30.6 Å². The van der Waals surface area contributed by atoms with Gasteiger partial charge in [0.25, 0.3) is 0 Å². The maximum absolute atomic E-state index is 12.9. The number of amides is 1. The molecule has 1 aliphatic rings. The zero-order valence-corrected chi connectivity index (χ0v) is 21.8. The van der Waals surface area contributed by atoms with E-state index in [4.69, 9.17) is 25.8 Å². The maximum Gasteiger partial charge on any atom is 0.407 e. The SMILES string of the molecule is CCOC(=O)c1sc(N2CCOCC2)cc1C(CCNC(=O)OC(C)(C)C)c1ccc(Cl)cc1. The van der Waals surface area contributed by atoms with Crippen molar-refractivity contribution in [2.75, 3.05) is 44.4 Å². The number of benzene rings is 1. The molecular formula is C25H33ClN2O5S. The third-order valence-electron chi connectivity index (χ3n) is 5.28. The topological polar surface area (TPSA) is 77.1 Å². The van der Waals surface area contributed by atoms with Gasteiger partial charge in [-0.15, -0.1) is 11.3 Å². The van der Waals surface area contributed by atoms with Gasteiger partial charge in [-0.1, -0.05) is 23.7 Å². The summed E-state index contributed by atoms with van der Waals surface area (Å²) in [6, 6.07) is 9.67. The number of ether oxygens (including phenoxy) is 3. The molecule has 0 spiro atoms. The molecule has 1 aliphatic heterocycles. The molecule has 1 aromatic heterocycles. The lowest BCUT2D eigenvalue weighted by atomic mass is 9.88. The van der Waals surface area contributed by atoms with Gasteiger partial charge >= 0.3 is 12.1 Å². The van der Waals surface area contributed by atoms with Gasteiger partial charge in [0.1, 0.15) is 10.5 Å². The maximum atomic E-state index is 12.9. The molecule has 7 nitrogen and oxygen atoms in total. The van der Waals surface area contributed by atoms with E-state index < -0.39 is 11.7 Å². The van der Waals surface area contributed by atoms with Crippen molar-refractivity contribution in [1.82, 2.24) is 5.32 Å². The third-order valence-corrected chi connectivity index (χ3v) is 6.72. The smallest absolute Gasteiger partial charge is 0.407 e. The largest absolute Gasteiger partial charge is 0.462 e. The van der Waals surface area contributed by atoms with Crippen LogP contribution in [0.2, 0.25) is 5.02 Å². The van der Waals surface area contributed by atoms with E-state index in [0.717, 1.165) is 29.2 Å². The van der Waals surface area contributed by atoms with Crippen molar-refractivity contribution in [3.63, 3.8) is 0 Å². The number of hydrogen-bond donors (Lipinski definition) is 1. The first kappa shape index (κ1) is 26.3. The molecule has 0 aliphatic carbocycles. The second-order valence-electron chi connectivity index (χ2n) is 9.01. The van der Waals surface area contributed by atoms with Gasteiger partial charge in [-0.05, 0) is 63.4 Å². The van der Waals surface area contributed by atoms with Crippen LogP contribution in [0.15, 0.2) is 30.3 Å². The molecule has 2 heterocycles. The van der Waals surface area contributed by atoms with Gasteiger partial charge in [-0.25, -0.2) is 9.59 Å². The highest BCUT2D eigenvalue weighted by molar-refractivity contribution is 7.18. The van der Waals surface area contributed by atoms with E-state index in [2.05, 4.69) is 16.3 Å². The van der Waals surface area contributed by atoms with E-state index in [0.29, 0.717) is 42.7 Å². The highest BCUT2D eigenvalue weighted by Crippen LogP contribution is 2.40. The number of anilines is 1. The summed E-state index contributed by atoms with van der Waals surface area (Å²) in [7, 11) is 0. The lowest BCUT2D eigenvalue weighted by molar-refractivity contribution is 0.0515. The van der Waals surface area contributed by atoms with Gasteiger partial charge in [-0.3, -0.25) is 0 Å². The average Bonchev–Trinajstić information content (AvgIpc) is 3.22. The minimum Gasteiger partial charge on any atom is -0.462 e. The Morgan fingerprint density at radius 1 is 1.21 bits per heavy atom. The number of thiophene rings is 1. The monoisotopic (exact) mass is 508 g/mol. The predicted octanol–water partition coefficient (Wildman–Crippen LogP) is 5.46. The van der Waals surface area contributed by atoms with Crippen molar-refractivity contribution in [3.05, 3.63) is 51.4 Å². The molecule has 1 aromatic carbocycles. The lowest BCUT2D eigenvalue weighted by Gasteiger charge is -2.27. The Kier molecular flexibility index (Phi) is 9.22. The Morgan fingerprint density at radius 3 is 2.50 bits per heavy atom. The number of rotatable bonds is 8. The van der Waals surface area contributed by atoms with Crippen LogP contribution in [0.4, 0.5) is 9.80 Å².